The van der Waals surface area contributed by atoms with Crippen molar-refractivity contribution in [3.63, 3.8) is 0 Å². The molecule has 0 fully saturated rings. The molecule has 2 heterocycles. The van der Waals surface area contributed by atoms with Gasteiger partial charge >= 0.3 is 0 Å². The number of rotatable bonds is 8. The number of aromatic nitrogens is 1. The van der Waals surface area contributed by atoms with E-state index in [-0.39, 0.29) is 11.6 Å². The van der Waals surface area contributed by atoms with Crippen LogP contribution in [0, 0.1) is 0 Å². The minimum Gasteiger partial charge on any atom is -0.362 e. The van der Waals surface area contributed by atoms with Crippen molar-refractivity contribution >= 4 is 56.5 Å². The number of anilines is 1. The first-order chi connectivity index (χ1) is 19.3. The Hall–Kier alpha value is -2.37. The standard InChI is InChI=1S/C34H39Cl2N2OS/c1-6-7-21-37-29-13-8-9-14-30(29)40-32(37)20-16-25-12-10-11-24(33(25)36)15-19-31-34(3,4)27-22-26(35)17-18-28(27)38(31)23(2)39-5/h8-9,13-20,22-23H,6-7,10-12,21H2,1-5H3/q+1. The van der Waals surface area contributed by atoms with E-state index in [9.17, 15) is 0 Å². The topological polar surface area (TPSA) is 16.4 Å². The summed E-state index contributed by atoms with van der Waals surface area (Å²) in [5, 5.41) is 2.90. The van der Waals surface area contributed by atoms with Gasteiger partial charge in [0.2, 0.25) is 5.52 Å². The molecule has 0 saturated heterocycles. The Balaban J connectivity index is 1.49. The summed E-state index contributed by atoms with van der Waals surface area (Å²) >= 11 is 15.3. The number of fused-ring (bicyclic) bond motifs is 2. The Labute approximate surface area is 253 Å². The minimum atomic E-state index is -0.217. The fourth-order valence-electron chi connectivity index (χ4n) is 5.86. The van der Waals surface area contributed by atoms with Crippen LogP contribution in [0.4, 0.5) is 5.69 Å². The maximum absolute atomic E-state index is 7.08. The third-order valence-corrected chi connectivity index (χ3v) is 10.0. The summed E-state index contributed by atoms with van der Waals surface area (Å²) < 4.78 is 9.57. The number of nitrogens with zero attached hydrogens (tertiary/aromatic N) is 2. The molecule has 0 bridgehead atoms. The summed E-state index contributed by atoms with van der Waals surface area (Å²) in [6.45, 7) is 9.86. The van der Waals surface area contributed by atoms with Crippen molar-refractivity contribution in [2.24, 2.45) is 0 Å². The normalized spacial score (nSPS) is 19.9. The number of benzene rings is 2. The summed E-state index contributed by atoms with van der Waals surface area (Å²) in [6, 6.07) is 14.8. The lowest BCUT2D eigenvalue weighted by atomic mass is 9.83. The number of hydrogen-bond acceptors (Lipinski definition) is 3. The number of halogens is 2. The molecule has 40 heavy (non-hydrogen) atoms. The lowest BCUT2D eigenvalue weighted by Gasteiger charge is -2.31. The van der Waals surface area contributed by atoms with Crippen LogP contribution in [0.15, 0.2) is 82.6 Å². The molecule has 1 aromatic heterocycles. The highest BCUT2D eigenvalue weighted by molar-refractivity contribution is 7.18. The van der Waals surface area contributed by atoms with Crippen LogP contribution < -0.4 is 9.47 Å². The van der Waals surface area contributed by atoms with Crippen molar-refractivity contribution in [3.05, 3.63) is 98.2 Å². The van der Waals surface area contributed by atoms with Crippen molar-refractivity contribution < 1.29 is 9.30 Å². The van der Waals surface area contributed by atoms with Crippen molar-refractivity contribution in [3.8, 4) is 0 Å². The average Bonchev–Trinajstić information content (AvgIpc) is 3.41. The van der Waals surface area contributed by atoms with Crippen molar-refractivity contribution in [1.29, 1.82) is 0 Å². The summed E-state index contributed by atoms with van der Waals surface area (Å²) in [5.41, 5.74) is 7.02. The lowest BCUT2D eigenvalue weighted by molar-refractivity contribution is -0.669. The fourth-order valence-corrected chi connectivity index (χ4v) is 7.43. The fraction of sp³-hybridized carbons (Fsp3) is 0.382. The van der Waals surface area contributed by atoms with Gasteiger partial charge in [-0.3, -0.25) is 0 Å². The molecule has 6 heteroatoms. The predicted molar refractivity (Wildman–Crippen MR) is 172 cm³/mol. The van der Waals surface area contributed by atoms with Crippen molar-refractivity contribution in [2.75, 3.05) is 12.0 Å². The second-order valence-electron chi connectivity index (χ2n) is 11.2. The van der Waals surface area contributed by atoms with E-state index in [0.717, 1.165) is 41.5 Å². The third-order valence-electron chi connectivity index (χ3n) is 8.19. The van der Waals surface area contributed by atoms with Crippen LogP contribution in [0.2, 0.25) is 5.02 Å². The van der Waals surface area contributed by atoms with Gasteiger partial charge in [0.1, 0.15) is 10.9 Å². The molecular formula is C34H39Cl2N2OS+. The van der Waals surface area contributed by atoms with Crippen LogP contribution in [0.25, 0.3) is 16.3 Å². The molecule has 1 aliphatic carbocycles. The van der Waals surface area contributed by atoms with Crippen LogP contribution >= 0.6 is 34.5 Å². The molecule has 1 unspecified atom stereocenters. The van der Waals surface area contributed by atoms with E-state index < -0.39 is 0 Å². The molecule has 2 aromatic carbocycles. The molecule has 0 N–H and O–H groups in total. The Morgan fingerprint density at radius 3 is 2.67 bits per heavy atom. The second-order valence-corrected chi connectivity index (χ2v) is 13.1. The Kier molecular flexibility index (Phi) is 8.92. The maximum Gasteiger partial charge on any atom is 0.262 e. The van der Waals surface area contributed by atoms with Gasteiger partial charge in [0.25, 0.3) is 5.01 Å². The van der Waals surface area contributed by atoms with E-state index in [0.29, 0.717) is 0 Å². The van der Waals surface area contributed by atoms with Gasteiger partial charge in [0.05, 0.1) is 0 Å². The number of hydrogen-bond donors (Lipinski definition) is 0. The van der Waals surface area contributed by atoms with Gasteiger partial charge in [-0.1, -0.05) is 86.0 Å². The van der Waals surface area contributed by atoms with E-state index in [2.05, 4.69) is 97.9 Å². The quantitative estimate of drug-likeness (QED) is 0.241. The number of unbranched alkanes of at least 4 members (excludes halogenated alkanes) is 1. The molecule has 0 radical (unpaired) electrons. The Morgan fingerprint density at radius 2 is 1.90 bits per heavy atom. The second kappa shape index (κ2) is 12.2. The van der Waals surface area contributed by atoms with Gasteiger partial charge in [-0.05, 0) is 73.2 Å². The number of aryl methyl sites for hydroxylation is 1. The molecule has 0 spiro atoms. The predicted octanol–water partition coefficient (Wildman–Crippen LogP) is 9.93. The van der Waals surface area contributed by atoms with Crippen LogP contribution in [0.1, 0.15) is 70.4 Å². The molecular weight excluding hydrogens is 555 g/mol. The molecule has 1 atom stereocenters. The SMILES string of the molecule is CCCC[n+]1c(/C=C/C2=C(Cl)C(=C/C=C3/N(C(C)OC)c4ccc(Cl)cc4C3(C)C)/CCC2)sc2ccccc21. The molecule has 3 aromatic rings. The van der Waals surface area contributed by atoms with Crippen LogP contribution in [0.3, 0.4) is 0 Å². The molecule has 1 aliphatic heterocycles. The number of para-hydroxylation sites is 1. The number of methoxy groups -OCH3 is 1. The average molecular weight is 595 g/mol. The molecule has 2 aliphatic rings. The summed E-state index contributed by atoms with van der Waals surface area (Å²) in [6.07, 6.45) is 14.2. The zero-order chi connectivity index (χ0) is 28.4. The Morgan fingerprint density at radius 1 is 1.10 bits per heavy atom. The van der Waals surface area contributed by atoms with E-state index in [1.807, 2.05) is 17.4 Å². The summed E-state index contributed by atoms with van der Waals surface area (Å²) in [7, 11) is 1.75. The molecule has 0 saturated carbocycles. The van der Waals surface area contributed by atoms with E-state index in [1.54, 1.807) is 7.11 Å². The van der Waals surface area contributed by atoms with Crippen molar-refractivity contribution in [2.45, 2.75) is 78.0 Å². The third kappa shape index (κ3) is 5.56. The number of allylic oxidation sites excluding steroid dienone is 7. The van der Waals surface area contributed by atoms with E-state index in [1.165, 1.54) is 50.5 Å². The van der Waals surface area contributed by atoms with Gasteiger partial charge in [0.15, 0.2) is 6.54 Å². The first-order valence-corrected chi connectivity index (χ1v) is 15.8. The van der Waals surface area contributed by atoms with Crippen molar-refractivity contribution in [1.82, 2.24) is 0 Å². The van der Waals surface area contributed by atoms with Crippen LogP contribution in [-0.2, 0) is 16.7 Å². The maximum atomic E-state index is 7.08. The first-order valence-electron chi connectivity index (χ1n) is 14.3. The van der Waals surface area contributed by atoms with Gasteiger partial charge in [-0.25, -0.2) is 0 Å². The van der Waals surface area contributed by atoms with Gasteiger partial charge in [0, 0.05) is 52.5 Å². The minimum absolute atomic E-state index is 0.108. The number of thiazole rings is 1. The van der Waals surface area contributed by atoms with Gasteiger partial charge in [-0.15, -0.1) is 0 Å². The summed E-state index contributed by atoms with van der Waals surface area (Å²) in [4.78, 5) is 2.28. The molecule has 0 amide bonds. The van der Waals surface area contributed by atoms with E-state index >= 15 is 0 Å². The zero-order valence-electron chi connectivity index (χ0n) is 24.1. The highest BCUT2D eigenvalue weighted by Crippen LogP contribution is 2.49. The van der Waals surface area contributed by atoms with Crippen LogP contribution in [0.5, 0.6) is 0 Å². The monoisotopic (exact) mass is 593 g/mol. The summed E-state index contributed by atoms with van der Waals surface area (Å²) in [5.74, 6) is 0. The molecule has 210 valence electrons. The molecule has 3 nitrogen and oxygen atoms in total. The lowest BCUT2D eigenvalue weighted by Crippen LogP contribution is -2.34. The van der Waals surface area contributed by atoms with Gasteiger partial charge < -0.3 is 9.64 Å². The molecule has 5 rings (SSSR count). The van der Waals surface area contributed by atoms with Gasteiger partial charge in [-0.2, -0.15) is 4.57 Å². The Bertz CT molecular complexity index is 1530. The highest BCUT2D eigenvalue weighted by atomic mass is 35.5. The van der Waals surface area contributed by atoms with Crippen LogP contribution in [-0.4, -0.2) is 13.3 Å². The van der Waals surface area contributed by atoms with E-state index in [4.69, 9.17) is 27.9 Å². The highest BCUT2D eigenvalue weighted by Gasteiger charge is 2.42. The zero-order valence-corrected chi connectivity index (χ0v) is 26.5. The largest absolute Gasteiger partial charge is 0.362 e. The number of ether oxygens (including phenoxy) is 1. The first kappa shape index (κ1) is 29.1. The smallest absolute Gasteiger partial charge is 0.262 e.